The summed E-state index contributed by atoms with van der Waals surface area (Å²) in [5.74, 6) is 0.721. The zero-order valence-electron chi connectivity index (χ0n) is 15.2. The summed E-state index contributed by atoms with van der Waals surface area (Å²) in [6, 6.07) is 7.57. The second-order valence-electron chi connectivity index (χ2n) is 7.00. The van der Waals surface area contributed by atoms with Gasteiger partial charge in [-0.15, -0.1) is 11.3 Å². The normalized spacial score (nSPS) is 16.0. The van der Waals surface area contributed by atoms with Crippen LogP contribution in [-0.4, -0.2) is 43.0 Å². The van der Waals surface area contributed by atoms with Crippen molar-refractivity contribution in [1.29, 1.82) is 0 Å². The fraction of sp³-hybridized carbons (Fsp3) is 0.474. The van der Waals surface area contributed by atoms with Crippen LogP contribution in [0, 0.1) is 5.92 Å². The predicted molar refractivity (Wildman–Crippen MR) is 105 cm³/mol. The van der Waals surface area contributed by atoms with Crippen LogP contribution in [0.4, 0.5) is 10.8 Å². The molecule has 134 valence electrons. The van der Waals surface area contributed by atoms with Gasteiger partial charge in [-0.3, -0.25) is 15.0 Å². The molecule has 0 aliphatic carbocycles. The van der Waals surface area contributed by atoms with Gasteiger partial charge < -0.3 is 4.90 Å². The van der Waals surface area contributed by atoms with Crippen molar-refractivity contribution in [3.8, 4) is 0 Å². The molecule has 25 heavy (non-hydrogen) atoms. The van der Waals surface area contributed by atoms with E-state index in [0.29, 0.717) is 10.7 Å². The van der Waals surface area contributed by atoms with Gasteiger partial charge in [0.15, 0.2) is 5.13 Å². The van der Waals surface area contributed by atoms with Crippen LogP contribution in [0.3, 0.4) is 0 Å². The number of piperidine rings is 1. The Labute approximate surface area is 153 Å². The van der Waals surface area contributed by atoms with Gasteiger partial charge in [-0.05, 0) is 56.1 Å². The van der Waals surface area contributed by atoms with E-state index in [2.05, 4.69) is 22.1 Å². The Bertz CT molecular complexity index is 702. The van der Waals surface area contributed by atoms with Crippen LogP contribution in [0.25, 0.3) is 0 Å². The van der Waals surface area contributed by atoms with Crippen LogP contribution in [0.15, 0.2) is 29.6 Å². The predicted octanol–water partition coefficient (Wildman–Crippen LogP) is 3.69. The van der Waals surface area contributed by atoms with Gasteiger partial charge in [0.1, 0.15) is 0 Å². The van der Waals surface area contributed by atoms with Crippen molar-refractivity contribution < 1.29 is 4.79 Å². The number of hydrogen-bond donors (Lipinski definition) is 1. The van der Waals surface area contributed by atoms with Gasteiger partial charge in [0, 0.05) is 37.3 Å². The highest BCUT2D eigenvalue weighted by molar-refractivity contribution is 7.13. The van der Waals surface area contributed by atoms with Crippen molar-refractivity contribution in [1.82, 2.24) is 9.88 Å². The zero-order valence-corrected chi connectivity index (χ0v) is 16.0. The van der Waals surface area contributed by atoms with E-state index >= 15 is 0 Å². The lowest BCUT2D eigenvalue weighted by Crippen LogP contribution is -2.32. The summed E-state index contributed by atoms with van der Waals surface area (Å²) in [6.45, 7) is 5.47. The summed E-state index contributed by atoms with van der Waals surface area (Å²) >= 11 is 1.49. The Kier molecular flexibility index (Phi) is 5.71. The maximum Gasteiger partial charge on any atom is 0.257 e. The summed E-state index contributed by atoms with van der Waals surface area (Å²) in [4.78, 5) is 21.4. The van der Waals surface area contributed by atoms with E-state index in [1.807, 2.05) is 48.6 Å². The van der Waals surface area contributed by atoms with Crippen molar-refractivity contribution in [2.75, 3.05) is 37.4 Å². The third-order valence-electron chi connectivity index (χ3n) is 4.68. The molecule has 6 heteroatoms. The summed E-state index contributed by atoms with van der Waals surface area (Å²) in [6.07, 6.45) is 2.52. The van der Waals surface area contributed by atoms with Crippen molar-refractivity contribution in [2.24, 2.45) is 5.92 Å². The number of hydrogen-bond acceptors (Lipinski definition) is 5. The van der Waals surface area contributed by atoms with Gasteiger partial charge in [-0.2, -0.15) is 0 Å². The molecule has 3 rings (SSSR count). The molecule has 5 nitrogen and oxygen atoms in total. The Balaban J connectivity index is 1.56. The SMILES string of the molecule is CC1CCN(Cc2csc(NC(=O)c3ccc(N(C)C)cc3)n2)CC1. The van der Waals surface area contributed by atoms with E-state index in [9.17, 15) is 4.79 Å². The zero-order chi connectivity index (χ0) is 17.8. The molecule has 1 fully saturated rings. The molecule has 1 N–H and O–H groups in total. The molecule has 1 aliphatic rings. The largest absolute Gasteiger partial charge is 0.378 e. The minimum Gasteiger partial charge on any atom is -0.378 e. The molecule has 2 heterocycles. The van der Waals surface area contributed by atoms with Gasteiger partial charge in [0.2, 0.25) is 0 Å². The van der Waals surface area contributed by atoms with Gasteiger partial charge in [0.05, 0.1) is 5.69 Å². The van der Waals surface area contributed by atoms with E-state index in [4.69, 9.17) is 0 Å². The lowest BCUT2D eigenvalue weighted by atomic mass is 9.99. The van der Waals surface area contributed by atoms with Crippen molar-refractivity contribution >= 4 is 28.1 Å². The van der Waals surface area contributed by atoms with Crippen LogP contribution in [0.5, 0.6) is 0 Å². The number of carbonyl (C=O) groups excluding carboxylic acids is 1. The van der Waals surface area contributed by atoms with Crippen LogP contribution in [0.2, 0.25) is 0 Å². The van der Waals surface area contributed by atoms with E-state index in [-0.39, 0.29) is 5.91 Å². The molecule has 0 saturated carbocycles. The number of carbonyl (C=O) groups is 1. The van der Waals surface area contributed by atoms with Gasteiger partial charge >= 0.3 is 0 Å². The average molecular weight is 359 g/mol. The minimum absolute atomic E-state index is 0.113. The molecule has 0 atom stereocenters. The number of rotatable bonds is 5. The number of benzene rings is 1. The standard InChI is InChI=1S/C19H26N4OS/c1-14-8-10-23(11-9-14)12-16-13-25-19(20-16)21-18(24)15-4-6-17(7-5-15)22(2)3/h4-7,13-14H,8-12H2,1-3H3,(H,20,21,24). The molecule has 0 bridgehead atoms. The Hall–Kier alpha value is -1.92. The monoisotopic (exact) mass is 358 g/mol. The first kappa shape index (κ1) is 17.9. The molecule has 1 saturated heterocycles. The molecule has 1 aromatic carbocycles. The molecule has 0 radical (unpaired) electrons. The highest BCUT2D eigenvalue weighted by atomic mass is 32.1. The van der Waals surface area contributed by atoms with Crippen molar-refractivity contribution in [3.05, 3.63) is 40.9 Å². The summed E-state index contributed by atoms with van der Waals surface area (Å²) in [7, 11) is 3.96. The molecule has 2 aromatic rings. The molecule has 1 amide bonds. The third kappa shape index (κ3) is 4.80. The minimum atomic E-state index is -0.113. The van der Waals surface area contributed by atoms with Crippen LogP contribution < -0.4 is 10.2 Å². The fourth-order valence-electron chi connectivity index (χ4n) is 2.97. The molecule has 0 unspecified atom stereocenters. The molecule has 1 aromatic heterocycles. The van der Waals surface area contributed by atoms with Crippen molar-refractivity contribution in [2.45, 2.75) is 26.3 Å². The number of anilines is 2. The smallest absolute Gasteiger partial charge is 0.257 e. The number of amides is 1. The summed E-state index contributed by atoms with van der Waals surface area (Å²) < 4.78 is 0. The van der Waals surface area contributed by atoms with Crippen LogP contribution in [0.1, 0.15) is 35.8 Å². The Morgan fingerprint density at radius 3 is 2.60 bits per heavy atom. The lowest BCUT2D eigenvalue weighted by Gasteiger charge is -2.29. The first-order valence-electron chi connectivity index (χ1n) is 8.77. The third-order valence-corrected chi connectivity index (χ3v) is 5.49. The summed E-state index contributed by atoms with van der Waals surface area (Å²) in [5, 5.41) is 5.62. The Morgan fingerprint density at radius 1 is 1.28 bits per heavy atom. The fourth-order valence-corrected chi connectivity index (χ4v) is 3.66. The first-order valence-corrected chi connectivity index (χ1v) is 9.64. The highest BCUT2D eigenvalue weighted by Gasteiger charge is 2.17. The number of likely N-dealkylation sites (tertiary alicyclic amines) is 1. The molecular formula is C19H26N4OS. The number of nitrogens with zero attached hydrogens (tertiary/aromatic N) is 3. The second kappa shape index (κ2) is 7.97. The van der Waals surface area contributed by atoms with E-state index in [1.165, 1.54) is 24.2 Å². The molecular weight excluding hydrogens is 332 g/mol. The maximum absolute atomic E-state index is 12.4. The molecule has 1 aliphatic heterocycles. The Morgan fingerprint density at radius 2 is 1.96 bits per heavy atom. The van der Waals surface area contributed by atoms with Gasteiger partial charge in [-0.1, -0.05) is 6.92 Å². The first-order chi connectivity index (χ1) is 12.0. The average Bonchev–Trinajstić information content (AvgIpc) is 3.04. The number of thiazole rings is 1. The summed E-state index contributed by atoms with van der Waals surface area (Å²) in [5.41, 5.74) is 2.76. The van der Waals surface area contributed by atoms with Crippen molar-refractivity contribution in [3.63, 3.8) is 0 Å². The number of nitrogens with one attached hydrogen (secondary N) is 1. The lowest BCUT2D eigenvalue weighted by molar-refractivity contribution is 0.102. The maximum atomic E-state index is 12.4. The van der Waals surface area contributed by atoms with Crippen LogP contribution >= 0.6 is 11.3 Å². The van der Waals surface area contributed by atoms with Gasteiger partial charge in [-0.25, -0.2) is 4.98 Å². The quantitative estimate of drug-likeness (QED) is 0.885. The van der Waals surface area contributed by atoms with E-state index in [0.717, 1.165) is 36.9 Å². The highest BCUT2D eigenvalue weighted by Crippen LogP contribution is 2.21. The topological polar surface area (TPSA) is 48.5 Å². The second-order valence-corrected chi connectivity index (χ2v) is 7.86. The number of aromatic nitrogens is 1. The van der Waals surface area contributed by atoms with Gasteiger partial charge in [0.25, 0.3) is 5.91 Å². The van der Waals surface area contributed by atoms with E-state index < -0.39 is 0 Å². The molecule has 0 spiro atoms. The van der Waals surface area contributed by atoms with E-state index in [1.54, 1.807) is 0 Å². The van der Waals surface area contributed by atoms with Crippen LogP contribution in [-0.2, 0) is 6.54 Å².